The number of allylic oxidation sites excluding steroid dienone is 3. The molecule has 0 spiro atoms. The van der Waals surface area contributed by atoms with Gasteiger partial charge >= 0.3 is 102 Å². The van der Waals surface area contributed by atoms with E-state index in [1.807, 2.05) is 12.1 Å². The monoisotopic (exact) mass is 2270 g/mol. The van der Waals surface area contributed by atoms with Gasteiger partial charge in [-0.2, -0.15) is 56.4 Å². The Bertz CT molecular complexity index is 2280. The van der Waals surface area contributed by atoms with E-state index in [1.165, 1.54) is 130 Å². The number of fused-ring (bicyclic) bond motifs is 6. The Labute approximate surface area is 751 Å². The van der Waals surface area contributed by atoms with Crippen LogP contribution >= 0.6 is 208 Å². The van der Waals surface area contributed by atoms with Crippen molar-refractivity contribution in [3.63, 3.8) is 0 Å². The molecule has 12 atom stereocenters. The van der Waals surface area contributed by atoms with Crippen LogP contribution in [0.1, 0.15) is 164 Å². The minimum absolute atomic E-state index is 0. The second-order valence-corrected chi connectivity index (χ2v) is 43.3. The third-order valence-electron chi connectivity index (χ3n) is 19.4. The minimum atomic E-state index is -0.826. The van der Waals surface area contributed by atoms with Crippen molar-refractivity contribution in [2.75, 3.05) is 56.4 Å². The van der Waals surface area contributed by atoms with Gasteiger partial charge in [-0.1, -0.05) is 216 Å². The van der Waals surface area contributed by atoms with Gasteiger partial charge in [-0.3, -0.25) is 0 Å². The smallest absolute Gasteiger partial charge is 4.00 e. The third kappa shape index (κ3) is 43.0. The van der Waals surface area contributed by atoms with E-state index in [-0.39, 0.29) is 66.7 Å². The van der Waals surface area contributed by atoms with Crippen molar-refractivity contribution in [2.45, 2.75) is 180 Å². The SMILES string of the molecule is BrC1CC2CCCC2CC1Br.BrC1CC2CCCC2CC1Br.Brc1cc2c(cc1Br)CC=C2.Brc1cc2c(cc1Br)CC=C2.CC1C(C)C(C)C(C)C1C.C[N-]C.C[N-]C.C[N-]C.C[N-]C.ClC1CC2CCCC2CC1Cl.Clc1cc2c(cc1Cl)CC=C2.[CH3-].[CH3-].[CH3-].[CH3-].[Cl][Zr+2][Cl].[Cl][Zr+2][Cl].[Zr+4]. The first-order valence-corrected chi connectivity index (χ1v) is 53.9. The fraction of sp³-hybridized carbons (Fsp3) is 0.632. The van der Waals surface area contributed by atoms with Crippen LogP contribution in [0.5, 0.6) is 0 Å². The van der Waals surface area contributed by atoms with Gasteiger partial charge in [-0.25, -0.2) is 0 Å². The Morgan fingerprint density at radius 3 is 0.788 bits per heavy atom. The molecule has 0 heterocycles. The topological polar surface area (TPSA) is 56.4 Å². The molecule has 564 valence electrons. The molecule has 10 aliphatic carbocycles. The fourth-order valence-electron chi connectivity index (χ4n) is 14.0. The van der Waals surface area contributed by atoms with E-state index in [9.17, 15) is 0 Å². The number of halogens is 16. The summed E-state index contributed by atoms with van der Waals surface area (Å²) < 4.78 is 4.53. The number of hydrogen-bond acceptors (Lipinski definition) is 0. The molecule has 10 aliphatic rings. The van der Waals surface area contributed by atoms with Gasteiger partial charge in [0, 0.05) is 37.2 Å². The van der Waals surface area contributed by atoms with E-state index in [1.54, 1.807) is 56.4 Å². The molecule has 12 unspecified atom stereocenters. The maximum absolute atomic E-state index is 6.10. The second-order valence-electron chi connectivity index (χ2n) is 25.8. The van der Waals surface area contributed by atoms with Crippen molar-refractivity contribution in [2.24, 2.45) is 65.1 Å². The maximum Gasteiger partial charge on any atom is 4.00 e. The van der Waals surface area contributed by atoms with Crippen LogP contribution in [0.25, 0.3) is 39.5 Å². The molecular weight excluding hydrogens is 2170 g/mol. The number of benzene rings is 3. The Balaban J connectivity index is -0.000000331. The van der Waals surface area contributed by atoms with Crippen LogP contribution in [0.3, 0.4) is 0 Å². The van der Waals surface area contributed by atoms with Gasteiger partial charge in [-0.15, -0.1) is 23.2 Å². The average molecular weight is 2280 g/mol. The third-order valence-corrected chi connectivity index (χ3v) is 30.4. The Hall–Kier alpha value is 5.53. The molecule has 0 amide bonds. The van der Waals surface area contributed by atoms with Crippen LogP contribution < -0.4 is 0 Å². The summed E-state index contributed by atoms with van der Waals surface area (Å²) in [6, 6.07) is 12.5. The van der Waals surface area contributed by atoms with Crippen molar-refractivity contribution in [1.29, 1.82) is 0 Å². The quantitative estimate of drug-likeness (QED) is 0.159. The van der Waals surface area contributed by atoms with Crippen molar-refractivity contribution >= 4 is 226 Å². The molecule has 13 rings (SSSR count). The van der Waals surface area contributed by atoms with Gasteiger partial charge in [0.05, 0.1) is 20.8 Å². The van der Waals surface area contributed by atoms with Crippen LogP contribution in [-0.4, -0.2) is 86.4 Å². The molecule has 4 nitrogen and oxygen atoms in total. The Morgan fingerprint density at radius 1 is 0.354 bits per heavy atom. The number of nitrogens with zero attached hydrogens (tertiary/aromatic N) is 4. The Kier molecular flexibility index (Phi) is 75.3. The van der Waals surface area contributed by atoms with Gasteiger partial charge in [0.1, 0.15) is 0 Å². The van der Waals surface area contributed by atoms with Gasteiger partial charge in [-0.05, 0) is 256 Å². The summed E-state index contributed by atoms with van der Waals surface area (Å²) in [6.45, 7) is 12.0. The van der Waals surface area contributed by atoms with E-state index >= 15 is 0 Å². The van der Waals surface area contributed by atoms with Gasteiger partial charge in [0.15, 0.2) is 0 Å². The van der Waals surface area contributed by atoms with E-state index in [2.05, 4.69) is 244 Å². The van der Waals surface area contributed by atoms with E-state index in [0.717, 1.165) is 122 Å². The van der Waals surface area contributed by atoms with Crippen LogP contribution in [-0.2, 0) is 87.2 Å². The van der Waals surface area contributed by atoms with Crippen LogP contribution in [0, 0.1) is 94.8 Å². The zero-order chi connectivity index (χ0) is 71.2. The van der Waals surface area contributed by atoms with Crippen molar-refractivity contribution in [3.8, 4) is 0 Å². The molecule has 3 aromatic carbocycles. The normalized spacial score (nSPS) is 28.0. The second kappa shape index (κ2) is 65.9. The van der Waals surface area contributed by atoms with Gasteiger partial charge in [0.25, 0.3) is 0 Å². The predicted octanol–water partition coefficient (Wildman–Crippen LogP) is 32.2. The zero-order valence-corrected chi connectivity index (χ0v) is 87.9. The van der Waals surface area contributed by atoms with Gasteiger partial charge < -0.3 is 51.0 Å². The largest absolute Gasteiger partial charge is 4.00 e. The summed E-state index contributed by atoms with van der Waals surface area (Å²) >= 11 is 51.1. The molecule has 0 aromatic heterocycles. The molecule has 7 saturated carbocycles. The van der Waals surface area contributed by atoms with E-state index in [4.69, 9.17) is 80.5 Å². The van der Waals surface area contributed by atoms with E-state index in [0.29, 0.717) is 10.0 Å². The molecule has 3 aromatic rings. The van der Waals surface area contributed by atoms with Crippen LogP contribution in [0.4, 0.5) is 0 Å². The van der Waals surface area contributed by atoms with E-state index < -0.39 is 41.7 Å². The molecule has 99 heavy (non-hydrogen) atoms. The number of alkyl halides is 6. The van der Waals surface area contributed by atoms with Crippen molar-refractivity contribution < 1.29 is 67.9 Å². The molecule has 0 radical (unpaired) electrons. The predicted molar refractivity (Wildman–Crippen MR) is 474 cm³/mol. The molecule has 7 fully saturated rings. The summed E-state index contributed by atoms with van der Waals surface area (Å²) in [5.74, 6) is 10.7. The molecule has 0 N–H and O–H groups in total. The van der Waals surface area contributed by atoms with Crippen molar-refractivity contribution in [3.05, 3.63) is 167 Å². The standard InChI is InChI=1S/C10H20.2C9H14Br2.2C9H6Br2.C9H14Cl2.C9H6Cl2.4C2H6N.4CH3.4ClH.3Zr/c1-6-7(2)9(4)10(5)8(6)3;6*10-8-4-6-2-1-3-7(6)5-9(8)11;4*1-3-2;;;;;;;;;;;/h6-10H,1-5H3;2*6-9H,1-5H2;2*1-2,4-5H,3H2;6-9H,1-5H2;1-2,4-5H,3H2;4*1-2H3;4*1H3;4*1H;;;/q;;;;;;;8*-1;;;;;3*+4/p-4. The summed E-state index contributed by atoms with van der Waals surface area (Å²) in [6.07, 6.45) is 37.1. The zero-order valence-electron chi connectivity index (χ0n) is 61.8. The molecule has 0 aliphatic heterocycles. The molecule has 23 heteroatoms. The summed E-state index contributed by atoms with van der Waals surface area (Å²) in [5, 5.41) is 15.8. The molecular formula is C76H116Br8Cl8N4Zr3. The number of rotatable bonds is 0. The van der Waals surface area contributed by atoms with Crippen molar-refractivity contribution in [1.82, 2.24) is 0 Å². The fourth-order valence-corrected chi connectivity index (χ4v) is 19.3. The van der Waals surface area contributed by atoms with Crippen LogP contribution in [0.15, 0.2) is 72.5 Å². The average Bonchev–Trinajstić information content (AvgIpc) is 1.74. The first kappa shape index (κ1) is 113. The summed E-state index contributed by atoms with van der Waals surface area (Å²) in [4.78, 5) is 2.95. The number of hydrogen-bond donors (Lipinski definition) is 0. The Morgan fingerprint density at radius 2 is 0.545 bits per heavy atom. The summed E-state index contributed by atoms with van der Waals surface area (Å²) in [7, 11) is 33.7. The molecule has 0 bridgehead atoms. The first-order valence-electron chi connectivity index (χ1n) is 32.8. The van der Waals surface area contributed by atoms with Crippen LogP contribution in [0.2, 0.25) is 10.0 Å². The molecule has 0 saturated heterocycles. The maximum atomic E-state index is 6.10. The first-order chi connectivity index (χ1) is 44.7. The summed E-state index contributed by atoms with van der Waals surface area (Å²) in [5.41, 5.74) is 7.93. The minimum Gasteiger partial charge on any atom is 4.00 e. The van der Waals surface area contributed by atoms with Gasteiger partial charge in [0.2, 0.25) is 0 Å².